The molecule has 0 bridgehead atoms. The van der Waals surface area contributed by atoms with Gasteiger partial charge in [-0.2, -0.15) is 0 Å². The zero-order valence-electron chi connectivity index (χ0n) is 10.6. The highest BCUT2D eigenvalue weighted by Crippen LogP contribution is 2.28. The Morgan fingerprint density at radius 1 is 1.16 bits per heavy atom. The highest BCUT2D eigenvalue weighted by Gasteiger charge is 2.22. The number of halogens is 1. The third kappa shape index (κ3) is 3.15. The first-order valence-corrected chi connectivity index (χ1v) is 6.49. The van der Waals surface area contributed by atoms with Gasteiger partial charge in [-0.25, -0.2) is 0 Å². The number of carbonyl (C=O) groups is 1. The van der Waals surface area contributed by atoms with E-state index in [9.17, 15) is 9.90 Å². The summed E-state index contributed by atoms with van der Waals surface area (Å²) in [6, 6.07) is 14.9. The largest absolute Gasteiger partial charge is 0.481 e. The topological polar surface area (TPSA) is 37.3 Å². The first kappa shape index (κ1) is 13.6. The Labute approximate surface area is 117 Å². The molecule has 0 aliphatic heterocycles. The molecule has 2 aromatic carbocycles. The molecule has 0 aliphatic rings. The highest BCUT2D eigenvalue weighted by atomic mass is 35.5. The smallest absolute Gasteiger partial charge is 0.311 e. The second kappa shape index (κ2) is 5.89. The average molecular weight is 275 g/mol. The molecule has 2 nitrogen and oxygen atoms in total. The summed E-state index contributed by atoms with van der Waals surface area (Å²) in [6.45, 7) is 1.99. The summed E-state index contributed by atoms with van der Waals surface area (Å²) in [6.07, 6.45) is 0.450. The Hall–Kier alpha value is -1.80. The molecule has 3 heteroatoms. The number of rotatable bonds is 4. The van der Waals surface area contributed by atoms with E-state index < -0.39 is 11.9 Å². The third-order valence-corrected chi connectivity index (χ3v) is 3.61. The van der Waals surface area contributed by atoms with Gasteiger partial charge in [-0.05, 0) is 36.1 Å². The normalized spacial score (nSPS) is 12.1. The highest BCUT2D eigenvalue weighted by molar-refractivity contribution is 6.31. The van der Waals surface area contributed by atoms with Crippen molar-refractivity contribution in [1.82, 2.24) is 0 Å². The molecule has 0 spiro atoms. The molecule has 2 aromatic rings. The van der Waals surface area contributed by atoms with Gasteiger partial charge in [0.05, 0.1) is 5.92 Å². The first-order valence-electron chi connectivity index (χ1n) is 6.11. The zero-order valence-corrected chi connectivity index (χ0v) is 11.4. The van der Waals surface area contributed by atoms with Gasteiger partial charge in [0.25, 0.3) is 0 Å². The maximum atomic E-state index is 11.5. The van der Waals surface area contributed by atoms with Crippen LogP contribution < -0.4 is 0 Å². The van der Waals surface area contributed by atoms with Crippen molar-refractivity contribution in [2.24, 2.45) is 0 Å². The summed E-state index contributed by atoms with van der Waals surface area (Å²) in [5.74, 6) is -1.47. The quantitative estimate of drug-likeness (QED) is 0.913. The van der Waals surface area contributed by atoms with Crippen molar-refractivity contribution >= 4 is 17.6 Å². The molecule has 2 rings (SSSR count). The molecule has 1 N–H and O–H groups in total. The predicted octanol–water partition coefficient (Wildman–Crippen LogP) is 4.06. The predicted molar refractivity (Wildman–Crippen MR) is 76.7 cm³/mol. The van der Waals surface area contributed by atoms with Crippen LogP contribution in [0.25, 0.3) is 0 Å². The minimum Gasteiger partial charge on any atom is -0.481 e. The van der Waals surface area contributed by atoms with Crippen LogP contribution in [0, 0.1) is 6.92 Å². The summed E-state index contributed by atoms with van der Waals surface area (Å²) in [5.41, 5.74) is 2.80. The second-order valence-corrected chi connectivity index (χ2v) is 4.95. The molecule has 0 heterocycles. The molecular formula is C16H15ClO2. The van der Waals surface area contributed by atoms with Crippen molar-refractivity contribution in [2.75, 3.05) is 0 Å². The Bertz CT molecular complexity index is 593. The fourth-order valence-electron chi connectivity index (χ4n) is 2.15. The van der Waals surface area contributed by atoms with Crippen LogP contribution in [0.4, 0.5) is 0 Å². The van der Waals surface area contributed by atoms with E-state index in [-0.39, 0.29) is 0 Å². The van der Waals surface area contributed by atoms with Gasteiger partial charge in [-0.3, -0.25) is 4.79 Å². The molecule has 1 unspecified atom stereocenters. The molecule has 98 valence electrons. The van der Waals surface area contributed by atoms with Gasteiger partial charge in [0.2, 0.25) is 0 Å². The van der Waals surface area contributed by atoms with E-state index in [0.29, 0.717) is 17.0 Å². The van der Waals surface area contributed by atoms with Crippen LogP contribution in [-0.2, 0) is 11.2 Å². The Kier molecular flexibility index (Phi) is 4.23. The van der Waals surface area contributed by atoms with Gasteiger partial charge in [0.15, 0.2) is 0 Å². The van der Waals surface area contributed by atoms with Crippen LogP contribution in [0.2, 0.25) is 5.02 Å². The number of carboxylic acids is 1. The van der Waals surface area contributed by atoms with E-state index >= 15 is 0 Å². The van der Waals surface area contributed by atoms with E-state index in [1.807, 2.05) is 37.3 Å². The van der Waals surface area contributed by atoms with E-state index in [2.05, 4.69) is 0 Å². The third-order valence-electron chi connectivity index (χ3n) is 3.26. The standard InChI is InChI=1S/C16H15ClO2/c1-11-6-2-3-7-12(11)10-14(16(18)19)13-8-4-5-9-15(13)17/h2-9,14H,10H2,1H3,(H,18,19). The summed E-state index contributed by atoms with van der Waals surface area (Å²) in [7, 11) is 0. The summed E-state index contributed by atoms with van der Waals surface area (Å²) >= 11 is 6.11. The van der Waals surface area contributed by atoms with Crippen LogP contribution in [-0.4, -0.2) is 11.1 Å². The Morgan fingerprint density at radius 2 is 1.79 bits per heavy atom. The zero-order chi connectivity index (χ0) is 13.8. The van der Waals surface area contributed by atoms with Crippen molar-refractivity contribution in [3.8, 4) is 0 Å². The summed E-state index contributed by atoms with van der Waals surface area (Å²) < 4.78 is 0. The minimum atomic E-state index is -0.851. The number of hydrogen-bond acceptors (Lipinski definition) is 1. The first-order chi connectivity index (χ1) is 9.09. The maximum absolute atomic E-state index is 11.5. The molecule has 0 saturated carbocycles. The van der Waals surface area contributed by atoms with Crippen LogP contribution >= 0.6 is 11.6 Å². The fourth-order valence-corrected chi connectivity index (χ4v) is 2.41. The SMILES string of the molecule is Cc1ccccc1CC(C(=O)O)c1ccccc1Cl. The van der Waals surface area contributed by atoms with Crippen LogP contribution in [0.15, 0.2) is 48.5 Å². The lowest BCUT2D eigenvalue weighted by atomic mass is 9.90. The van der Waals surface area contributed by atoms with E-state index in [1.54, 1.807) is 18.2 Å². The van der Waals surface area contributed by atoms with Crippen molar-refractivity contribution in [3.63, 3.8) is 0 Å². The molecule has 0 saturated heterocycles. The Morgan fingerprint density at radius 3 is 2.42 bits per heavy atom. The van der Waals surface area contributed by atoms with Crippen molar-refractivity contribution in [3.05, 3.63) is 70.2 Å². The molecule has 1 atom stereocenters. The van der Waals surface area contributed by atoms with Gasteiger partial charge in [-0.15, -0.1) is 0 Å². The lowest BCUT2D eigenvalue weighted by Crippen LogP contribution is -2.15. The molecule has 0 amide bonds. The number of benzene rings is 2. The molecular weight excluding hydrogens is 260 g/mol. The molecule has 19 heavy (non-hydrogen) atoms. The minimum absolute atomic E-state index is 0.450. The van der Waals surface area contributed by atoms with Gasteiger partial charge in [0.1, 0.15) is 0 Å². The van der Waals surface area contributed by atoms with Gasteiger partial charge < -0.3 is 5.11 Å². The van der Waals surface area contributed by atoms with Crippen LogP contribution in [0.3, 0.4) is 0 Å². The van der Waals surface area contributed by atoms with Crippen LogP contribution in [0.1, 0.15) is 22.6 Å². The van der Waals surface area contributed by atoms with Gasteiger partial charge >= 0.3 is 5.97 Å². The lowest BCUT2D eigenvalue weighted by molar-refractivity contribution is -0.138. The molecule has 0 fully saturated rings. The lowest BCUT2D eigenvalue weighted by Gasteiger charge is -2.15. The summed E-state index contributed by atoms with van der Waals surface area (Å²) in [5, 5.41) is 9.95. The fraction of sp³-hybridized carbons (Fsp3) is 0.188. The molecule has 0 aliphatic carbocycles. The maximum Gasteiger partial charge on any atom is 0.311 e. The number of carboxylic acid groups (broad SMARTS) is 1. The summed E-state index contributed by atoms with van der Waals surface area (Å²) in [4.78, 5) is 11.5. The van der Waals surface area contributed by atoms with Crippen LogP contribution in [0.5, 0.6) is 0 Å². The van der Waals surface area contributed by atoms with Gasteiger partial charge in [0, 0.05) is 5.02 Å². The van der Waals surface area contributed by atoms with Crippen molar-refractivity contribution in [1.29, 1.82) is 0 Å². The average Bonchev–Trinajstić information content (AvgIpc) is 2.38. The van der Waals surface area contributed by atoms with E-state index in [4.69, 9.17) is 11.6 Å². The number of aliphatic carboxylic acids is 1. The van der Waals surface area contributed by atoms with Crippen molar-refractivity contribution in [2.45, 2.75) is 19.3 Å². The van der Waals surface area contributed by atoms with E-state index in [1.165, 1.54) is 0 Å². The number of hydrogen-bond donors (Lipinski definition) is 1. The Balaban J connectivity index is 2.35. The van der Waals surface area contributed by atoms with Gasteiger partial charge in [-0.1, -0.05) is 54.1 Å². The monoisotopic (exact) mass is 274 g/mol. The van der Waals surface area contributed by atoms with E-state index in [0.717, 1.165) is 11.1 Å². The molecule has 0 radical (unpaired) electrons. The van der Waals surface area contributed by atoms with Crippen molar-refractivity contribution < 1.29 is 9.90 Å². The number of aryl methyl sites for hydroxylation is 1. The second-order valence-electron chi connectivity index (χ2n) is 4.54. The molecule has 0 aromatic heterocycles.